The highest BCUT2D eigenvalue weighted by atomic mass is 32.2. The summed E-state index contributed by atoms with van der Waals surface area (Å²) in [6.45, 7) is 0. The van der Waals surface area contributed by atoms with Crippen LogP contribution in [0.3, 0.4) is 0 Å². The highest BCUT2D eigenvalue weighted by molar-refractivity contribution is 7.92. The quantitative estimate of drug-likeness (QED) is 0.478. The van der Waals surface area contributed by atoms with E-state index < -0.39 is 23.3 Å². The van der Waals surface area contributed by atoms with E-state index in [9.17, 15) is 13.0 Å². The van der Waals surface area contributed by atoms with Crippen molar-refractivity contribution in [1.82, 2.24) is 0 Å². The van der Waals surface area contributed by atoms with Crippen LogP contribution in [0.5, 0.6) is 0 Å². The van der Waals surface area contributed by atoms with Crippen LogP contribution in [0, 0.1) is 0 Å². The largest absolute Gasteiger partial charge is 0.355 e. The standard InChI is InChI=1S/C4H11O6PS/c1-8-4(11(5)9-2)12(6,7)10-3/h4,11H,1-3H3. The number of hydrogen-bond acceptors (Lipinski definition) is 6. The van der Waals surface area contributed by atoms with Crippen molar-refractivity contribution in [2.24, 2.45) is 0 Å². The van der Waals surface area contributed by atoms with Gasteiger partial charge < -0.3 is 9.26 Å². The van der Waals surface area contributed by atoms with E-state index in [1.807, 2.05) is 0 Å². The smallest absolute Gasteiger partial charge is 0.303 e. The Hall–Kier alpha value is 0.0600. The molecule has 74 valence electrons. The van der Waals surface area contributed by atoms with Gasteiger partial charge in [0.2, 0.25) is 8.03 Å². The van der Waals surface area contributed by atoms with Gasteiger partial charge in [-0.3, -0.25) is 8.75 Å². The molecule has 0 aromatic carbocycles. The molecule has 12 heavy (non-hydrogen) atoms. The van der Waals surface area contributed by atoms with Crippen molar-refractivity contribution >= 4 is 18.1 Å². The zero-order valence-corrected chi connectivity index (χ0v) is 8.75. The van der Waals surface area contributed by atoms with E-state index in [1.165, 1.54) is 0 Å². The van der Waals surface area contributed by atoms with Gasteiger partial charge in [0.1, 0.15) is 0 Å². The van der Waals surface area contributed by atoms with Crippen LogP contribution in [0.2, 0.25) is 0 Å². The molecule has 0 rings (SSSR count). The van der Waals surface area contributed by atoms with Gasteiger partial charge in [-0.2, -0.15) is 8.42 Å². The fourth-order valence-corrected chi connectivity index (χ4v) is 2.83. The molecule has 0 N–H and O–H groups in total. The van der Waals surface area contributed by atoms with Crippen molar-refractivity contribution in [3.8, 4) is 0 Å². The molecule has 0 heterocycles. The van der Waals surface area contributed by atoms with Crippen LogP contribution < -0.4 is 0 Å². The monoisotopic (exact) mass is 218 g/mol. The fourth-order valence-electron chi connectivity index (χ4n) is 0.516. The van der Waals surface area contributed by atoms with E-state index >= 15 is 0 Å². The predicted molar refractivity (Wildman–Crippen MR) is 42.7 cm³/mol. The second kappa shape index (κ2) is 4.94. The molecule has 0 aromatic heterocycles. The van der Waals surface area contributed by atoms with E-state index in [1.54, 1.807) is 0 Å². The molecule has 0 aliphatic carbocycles. The zero-order valence-electron chi connectivity index (χ0n) is 6.94. The zero-order chi connectivity index (χ0) is 9.78. The molecule has 0 spiro atoms. The van der Waals surface area contributed by atoms with Crippen molar-refractivity contribution in [2.75, 3.05) is 21.3 Å². The molecule has 0 radical (unpaired) electrons. The summed E-state index contributed by atoms with van der Waals surface area (Å²) in [4.78, 5) is 0. The fraction of sp³-hybridized carbons (Fsp3) is 1.00. The average molecular weight is 218 g/mol. The highest BCUT2D eigenvalue weighted by Crippen LogP contribution is 2.32. The van der Waals surface area contributed by atoms with E-state index in [2.05, 4.69) is 13.4 Å². The van der Waals surface area contributed by atoms with Gasteiger partial charge in [-0.1, -0.05) is 0 Å². The third-order valence-electron chi connectivity index (χ3n) is 1.10. The normalized spacial score (nSPS) is 17.2. The van der Waals surface area contributed by atoms with Crippen LogP contribution in [0.1, 0.15) is 0 Å². The Balaban J connectivity index is 4.68. The van der Waals surface area contributed by atoms with Crippen molar-refractivity contribution in [1.29, 1.82) is 0 Å². The Morgan fingerprint density at radius 3 is 2.00 bits per heavy atom. The van der Waals surface area contributed by atoms with Gasteiger partial charge >= 0.3 is 10.1 Å². The molecule has 0 fully saturated rings. The Labute approximate surface area is 71.8 Å². The molecule has 0 bridgehead atoms. The van der Waals surface area contributed by atoms with Crippen LogP contribution >= 0.6 is 8.03 Å². The Morgan fingerprint density at radius 2 is 1.75 bits per heavy atom. The average Bonchev–Trinajstić information content (AvgIpc) is 2.05. The molecule has 8 heteroatoms. The van der Waals surface area contributed by atoms with Crippen molar-refractivity contribution in [3.63, 3.8) is 0 Å². The molecule has 0 saturated carbocycles. The number of hydrogen-bond donors (Lipinski definition) is 0. The lowest BCUT2D eigenvalue weighted by Crippen LogP contribution is -2.21. The second-order valence-corrected chi connectivity index (χ2v) is 5.49. The van der Waals surface area contributed by atoms with Crippen molar-refractivity contribution < 1.29 is 26.4 Å². The van der Waals surface area contributed by atoms with Gasteiger partial charge in [0.05, 0.1) is 7.11 Å². The molecule has 2 atom stereocenters. The molecule has 0 saturated heterocycles. The van der Waals surface area contributed by atoms with Crippen LogP contribution in [-0.4, -0.2) is 34.9 Å². The lowest BCUT2D eigenvalue weighted by molar-refractivity contribution is 0.192. The molecule has 0 amide bonds. The molecule has 0 aromatic rings. The lowest BCUT2D eigenvalue weighted by atomic mass is 11.5. The highest BCUT2D eigenvalue weighted by Gasteiger charge is 2.31. The van der Waals surface area contributed by atoms with Crippen molar-refractivity contribution in [2.45, 2.75) is 5.18 Å². The van der Waals surface area contributed by atoms with Gasteiger partial charge in [-0.15, -0.1) is 0 Å². The Bertz CT molecular complexity index is 246. The lowest BCUT2D eigenvalue weighted by Gasteiger charge is -2.12. The van der Waals surface area contributed by atoms with Crippen LogP contribution in [-0.2, 0) is 28.1 Å². The first-order chi connectivity index (χ1) is 5.49. The summed E-state index contributed by atoms with van der Waals surface area (Å²) < 4.78 is 45.7. The second-order valence-electron chi connectivity index (χ2n) is 1.75. The summed E-state index contributed by atoms with van der Waals surface area (Å²) in [7, 11) is -3.49. The SMILES string of the molecule is COC([PH](=O)OC)S(=O)(=O)OC. The minimum absolute atomic E-state index is 0.964. The summed E-state index contributed by atoms with van der Waals surface area (Å²) >= 11 is 0. The van der Waals surface area contributed by atoms with E-state index in [0.29, 0.717) is 0 Å². The van der Waals surface area contributed by atoms with Crippen molar-refractivity contribution in [3.05, 3.63) is 0 Å². The predicted octanol–water partition coefficient (Wildman–Crippen LogP) is 0.0137. The molecule has 0 aliphatic rings. The molecule has 2 unspecified atom stereocenters. The summed E-state index contributed by atoms with van der Waals surface area (Å²) in [6.07, 6.45) is 0. The topological polar surface area (TPSA) is 78.9 Å². The van der Waals surface area contributed by atoms with Gasteiger partial charge in [-0.05, 0) is 0 Å². The number of methoxy groups -OCH3 is 1. The number of rotatable bonds is 5. The van der Waals surface area contributed by atoms with E-state index in [-0.39, 0.29) is 0 Å². The van der Waals surface area contributed by atoms with Crippen LogP contribution in [0.25, 0.3) is 0 Å². The van der Waals surface area contributed by atoms with E-state index in [4.69, 9.17) is 0 Å². The maximum atomic E-state index is 10.9. The Morgan fingerprint density at radius 1 is 1.25 bits per heavy atom. The molecule has 0 aliphatic heterocycles. The molecular formula is C4H11O6PS. The first kappa shape index (κ1) is 12.1. The minimum atomic E-state index is -3.94. The van der Waals surface area contributed by atoms with Gasteiger partial charge in [0.25, 0.3) is 5.18 Å². The summed E-state index contributed by atoms with van der Waals surface area (Å²) in [5.41, 5.74) is 0. The summed E-state index contributed by atoms with van der Waals surface area (Å²) in [6, 6.07) is 0. The third kappa shape index (κ3) is 2.84. The van der Waals surface area contributed by atoms with Crippen LogP contribution in [0.4, 0.5) is 0 Å². The molecular weight excluding hydrogens is 207 g/mol. The van der Waals surface area contributed by atoms with Gasteiger partial charge in [0.15, 0.2) is 0 Å². The van der Waals surface area contributed by atoms with E-state index in [0.717, 1.165) is 21.3 Å². The maximum absolute atomic E-state index is 10.9. The minimum Gasteiger partial charge on any atom is -0.355 e. The third-order valence-corrected chi connectivity index (χ3v) is 4.75. The summed E-state index contributed by atoms with van der Waals surface area (Å²) in [5, 5.41) is -1.53. The van der Waals surface area contributed by atoms with Crippen LogP contribution in [0.15, 0.2) is 0 Å². The van der Waals surface area contributed by atoms with Gasteiger partial charge in [-0.25, -0.2) is 0 Å². The number of ether oxygens (including phenoxy) is 1. The maximum Gasteiger partial charge on any atom is 0.303 e. The first-order valence-corrected chi connectivity index (χ1v) is 5.76. The first-order valence-electron chi connectivity index (χ1n) is 2.89. The Kier molecular flexibility index (Phi) is 4.96. The molecule has 6 nitrogen and oxygen atoms in total. The van der Waals surface area contributed by atoms with Gasteiger partial charge in [0, 0.05) is 14.2 Å². The summed E-state index contributed by atoms with van der Waals surface area (Å²) in [5.74, 6) is 0.